The molecule has 3 rings (SSSR count). The van der Waals surface area contributed by atoms with Crippen LogP contribution in [0.2, 0.25) is 5.02 Å². The minimum atomic E-state index is -0.486. The van der Waals surface area contributed by atoms with Gasteiger partial charge in [-0.3, -0.25) is 4.79 Å². The van der Waals surface area contributed by atoms with Crippen molar-refractivity contribution in [3.8, 4) is 11.5 Å². The molecule has 0 bridgehead atoms. The number of carbonyl (C=O) groups is 2. The molecular formula is C23H18BrClN2O4. The van der Waals surface area contributed by atoms with Crippen LogP contribution in [0.25, 0.3) is 0 Å². The van der Waals surface area contributed by atoms with Crippen molar-refractivity contribution < 1.29 is 19.1 Å². The minimum absolute atomic E-state index is 0.231. The van der Waals surface area contributed by atoms with Crippen LogP contribution in [0.5, 0.6) is 11.5 Å². The lowest BCUT2D eigenvalue weighted by Crippen LogP contribution is -2.24. The first-order valence-electron chi connectivity index (χ1n) is 9.19. The maximum Gasteiger partial charge on any atom is 0.343 e. The van der Waals surface area contributed by atoms with Gasteiger partial charge in [0.25, 0.3) is 5.91 Å². The van der Waals surface area contributed by atoms with E-state index >= 15 is 0 Å². The van der Waals surface area contributed by atoms with E-state index in [2.05, 4.69) is 26.5 Å². The molecule has 31 heavy (non-hydrogen) atoms. The highest BCUT2D eigenvalue weighted by Crippen LogP contribution is 2.23. The zero-order valence-electron chi connectivity index (χ0n) is 16.5. The Morgan fingerprint density at radius 1 is 1.10 bits per heavy atom. The molecule has 158 valence electrons. The van der Waals surface area contributed by atoms with Gasteiger partial charge < -0.3 is 9.47 Å². The summed E-state index contributed by atoms with van der Waals surface area (Å²) in [6.07, 6.45) is 1.39. The Hall–Kier alpha value is -3.16. The molecule has 0 spiro atoms. The zero-order chi connectivity index (χ0) is 22.2. The van der Waals surface area contributed by atoms with Gasteiger partial charge in [-0.25, -0.2) is 10.2 Å². The Kier molecular flexibility index (Phi) is 7.81. The maximum atomic E-state index is 12.5. The SMILES string of the molecule is Cc1cccc(C(=O)Oc2ccc(Br)cc2/C=N/NC(=O)COc2cccc(Cl)c2)c1. The fourth-order valence-corrected chi connectivity index (χ4v) is 3.11. The van der Waals surface area contributed by atoms with Gasteiger partial charge in [0, 0.05) is 15.1 Å². The summed E-state index contributed by atoms with van der Waals surface area (Å²) in [5, 5.41) is 4.44. The Balaban J connectivity index is 1.62. The van der Waals surface area contributed by atoms with Crippen molar-refractivity contribution in [1.29, 1.82) is 0 Å². The van der Waals surface area contributed by atoms with Gasteiger partial charge in [0.1, 0.15) is 11.5 Å². The van der Waals surface area contributed by atoms with Crippen molar-refractivity contribution in [2.75, 3.05) is 6.61 Å². The number of carbonyl (C=O) groups excluding carboxylic acids is 2. The topological polar surface area (TPSA) is 77.0 Å². The number of hydrogen-bond acceptors (Lipinski definition) is 5. The first-order chi connectivity index (χ1) is 14.9. The van der Waals surface area contributed by atoms with E-state index in [1.54, 1.807) is 60.7 Å². The zero-order valence-corrected chi connectivity index (χ0v) is 18.8. The Morgan fingerprint density at radius 3 is 2.68 bits per heavy atom. The number of rotatable bonds is 7. The molecule has 0 saturated heterocycles. The molecule has 0 atom stereocenters. The molecule has 8 heteroatoms. The molecule has 0 radical (unpaired) electrons. The standard InChI is InChI=1S/C23H18BrClN2O4/c1-15-4-2-5-16(10-15)23(29)31-21-9-8-18(24)11-17(21)13-26-27-22(28)14-30-20-7-3-6-19(25)12-20/h2-13H,14H2,1H3,(H,27,28)/b26-13+. The van der Waals surface area contributed by atoms with Crippen LogP contribution in [0.15, 0.2) is 76.3 Å². The highest BCUT2D eigenvalue weighted by atomic mass is 79.9. The smallest absolute Gasteiger partial charge is 0.343 e. The van der Waals surface area contributed by atoms with E-state index in [4.69, 9.17) is 21.1 Å². The molecule has 1 amide bonds. The second-order valence-corrected chi connectivity index (χ2v) is 7.83. The molecule has 0 aromatic heterocycles. The molecule has 3 aromatic rings. The van der Waals surface area contributed by atoms with Gasteiger partial charge in [-0.05, 0) is 55.5 Å². The fraction of sp³-hybridized carbons (Fsp3) is 0.0870. The molecule has 0 aliphatic heterocycles. The first-order valence-corrected chi connectivity index (χ1v) is 10.4. The number of halogens is 2. The highest BCUT2D eigenvalue weighted by molar-refractivity contribution is 9.10. The Morgan fingerprint density at radius 2 is 1.90 bits per heavy atom. The summed E-state index contributed by atoms with van der Waals surface area (Å²) in [7, 11) is 0. The van der Waals surface area contributed by atoms with Gasteiger partial charge in [0.15, 0.2) is 6.61 Å². The van der Waals surface area contributed by atoms with Crippen molar-refractivity contribution in [2.24, 2.45) is 5.10 Å². The van der Waals surface area contributed by atoms with Crippen molar-refractivity contribution in [3.63, 3.8) is 0 Å². The Labute approximate surface area is 193 Å². The Bertz CT molecular complexity index is 1130. The van der Waals surface area contributed by atoms with Crippen LogP contribution in [0.1, 0.15) is 21.5 Å². The number of esters is 1. The molecule has 0 unspecified atom stereocenters. The number of ether oxygens (including phenoxy) is 2. The van der Waals surface area contributed by atoms with E-state index in [-0.39, 0.29) is 6.61 Å². The van der Waals surface area contributed by atoms with Crippen LogP contribution in [0.3, 0.4) is 0 Å². The van der Waals surface area contributed by atoms with Crippen LogP contribution in [-0.2, 0) is 4.79 Å². The highest BCUT2D eigenvalue weighted by Gasteiger charge is 2.12. The van der Waals surface area contributed by atoms with Gasteiger partial charge >= 0.3 is 5.97 Å². The summed E-state index contributed by atoms with van der Waals surface area (Å²) >= 11 is 9.25. The van der Waals surface area contributed by atoms with Crippen LogP contribution >= 0.6 is 27.5 Å². The number of hydrazone groups is 1. The number of benzene rings is 3. The van der Waals surface area contributed by atoms with Crippen molar-refractivity contribution >= 4 is 45.6 Å². The predicted octanol–water partition coefficient (Wildman–Crippen LogP) is 5.16. The van der Waals surface area contributed by atoms with Gasteiger partial charge in [-0.2, -0.15) is 5.10 Å². The van der Waals surface area contributed by atoms with E-state index in [0.29, 0.717) is 27.6 Å². The summed E-state index contributed by atoms with van der Waals surface area (Å²) in [5.74, 6) is -0.156. The van der Waals surface area contributed by atoms with E-state index in [1.165, 1.54) is 6.21 Å². The predicted molar refractivity (Wildman–Crippen MR) is 123 cm³/mol. The fourth-order valence-electron chi connectivity index (χ4n) is 2.56. The van der Waals surface area contributed by atoms with Crippen molar-refractivity contribution in [3.05, 3.63) is 92.9 Å². The molecule has 0 heterocycles. The van der Waals surface area contributed by atoms with E-state index in [0.717, 1.165) is 10.0 Å². The third-order valence-corrected chi connectivity index (χ3v) is 4.72. The quantitative estimate of drug-likeness (QED) is 0.210. The second kappa shape index (κ2) is 10.7. The lowest BCUT2D eigenvalue weighted by Gasteiger charge is -2.09. The number of aryl methyl sites for hydroxylation is 1. The molecule has 0 aliphatic rings. The third kappa shape index (κ3) is 6.94. The molecule has 3 aromatic carbocycles. The van der Waals surface area contributed by atoms with E-state index in [1.807, 2.05) is 13.0 Å². The van der Waals surface area contributed by atoms with Crippen LogP contribution in [0, 0.1) is 6.92 Å². The van der Waals surface area contributed by atoms with E-state index < -0.39 is 11.9 Å². The summed E-state index contributed by atoms with van der Waals surface area (Å²) in [6, 6.07) is 18.9. The summed E-state index contributed by atoms with van der Waals surface area (Å²) in [5.41, 5.74) is 4.27. The number of nitrogens with one attached hydrogen (secondary N) is 1. The van der Waals surface area contributed by atoms with Crippen molar-refractivity contribution in [2.45, 2.75) is 6.92 Å². The van der Waals surface area contributed by atoms with Crippen molar-refractivity contribution in [1.82, 2.24) is 5.43 Å². The number of nitrogens with zero attached hydrogens (tertiary/aromatic N) is 1. The molecule has 0 aliphatic carbocycles. The molecule has 0 fully saturated rings. The summed E-state index contributed by atoms with van der Waals surface area (Å²) in [4.78, 5) is 24.4. The third-order valence-electron chi connectivity index (χ3n) is 3.99. The normalized spacial score (nSPS) is 10.7. The van der Waals surface area contributed by atoms with Gasteiger partial charge in [-0.1, -0.05) is 51.3 Å². The van der Waals surface area contributed by atoms with Crippen LogP contribution < -0.4 is 14.9 Å². The van der Waals surface area contributed by atoms with Crippen LogP contribution in [0.4, 0.5) is 0 Å². The van der Waals surface area contributed by atoms with Crippen LogP contribution in [-0.4, -0.2) is 24.7 Å². The largest absolute Gasteiger partial charge is 0.484 e. The van der Waals surface area contributed by atoms with Gasteiger partial charge in [0.2, 0.25) is 0 Å². The molecule has 1 N–H and O–H groups in total. The lowest BCUT2D eigenvalue weighted by atomic mass is 10.1. The lowest BCUT2D eigenvalue weighted by molar-refractivity contribution is -0.123. The van der Waals surface area contributed by atoms with E-state index in [9.17, 15) is 9.59 Å². The first kappa shape index (κ1) is 22.5. The number of hydrogen-bond donors (Lipinski definition) is 1. The monoisotopic (exact) mass is 500 g/mol. The average Bonchev–Trinajstić information content (AvgIpc) is 2.74. The van der Waals surface area contributed by atoms with Gasteiger partial charge in [-0.15, -0.1) is 0 Å². The molecule has 6 nitrogen and oxygen atoms in total. The van der Waals surface area contributed by atoms with Gasteiger partial charge in [0.05, 0.1) is 11.8 Å². The summed E-state index contributed by atoms with van der Waals surface area (Å²) in [6.45, 7) is 1.67. The average molecular weight is 502 g/mol. The maximum absolute atomic E-state index is 12.5. The molecular weight excluding hydrogens is 484 g/mol. The number of amides is 1. The molecule has 0 saturated carbocycles. The second-order valence-electron chi connectivity index (χ2n) is 6.48. The summed E-state index contributed by atoms with van der Waals surface area (Å²) < 4.78 is 11.6. The minimum Gasteiger partial charge on any atom is -0.484 e.